The van der Waals surface area contributed by atoms with E-state index in [0.29, 0.717) is 23.7 Å². The van der Waals surface area contributed by atoms with Crippen molar-refractivity contribution in [2.24, 2.45) is 7.05 Å². The van der Waals surface area contributed by atoms with Crippen LogP contribution >= 0.6 is 0 Å². The van der Waals surface area contributed by atoms with Gasteiger partial charge in [0.15, 0.2) is 0 Å². The van der Waals surface area contributed by atoms with Crippen LogP contribution in [0.2, 0.25) is 0 Å². The third-order valence-corrected chi connectivity index (χ3v) is 5.40. The standard InChI is InChI=1S/C23H30N4O3/c1-4-17(2)27(15-18-9-7-14-30-18)13-8-12-24-23(29)25-21-16-26(3)22(28)20-11-6-5-10-19(20)21/h5-7,9-11,14,16-17H,4,8,12-13,15H2,1-3H3,(H2,24,25,29)/t17-/m0/s1. The Morgan fingerprint density at radius 1 is 1.20 bits per heavy atom. The molecule has 2 amide bonds. The van der Waals surface area contributed by atoms with E-state index in [1.165, 1.54) is 4.57 Å². The molecule has 2 aromatic heterocycles. The maximum absolute atomic E-state index is 12.4. The minimum absolute atomic E-state index is 0.0850. The van der Waals surface area contributed by atoms with Gasteiger partial charge in [0.2, 0.25) is 0 Å². The summed E-state index contributed by atoms with van der Waals surface area (Å²) in [7, 11) is 1.68. The van der Waals surface area contributed by atoms with Gasteiger partial charge in [-0.15, -0.1) is 0 Å². The molecular formula is C23H30N4O3. The van der Waals surface area contributed by atoms with Crippen molar-refractivity contribution in [3.05, 3.63) is 65.0 Å². The summed E-state index contributed by atoms with van der Waals surface area (Å²) in [6.45, 7) is 6.55. The Balaban J connectivity index is 1.54. The summed E-state index contributed by atoms with van der Waals surface area (Å²) in [4.78, 5) is 27.0. The van der Waals surface area contributed by atoms with Gasteiger partial charge in [0.05, 0.1) is 18.5 Å². The zero-order chi connectivity index (χ0) is 21.5. The van der Waals surface area contributed by atoms with Gasteiger partial charge in [-0.1, -0.05) is 25.1 Å². The van der Waals surface area contributed by atoms with E-state index in [2.05, 4.69) is 29.4 Å². The van der Waals surface area contributed by atoms with Gasteiger partial charge in [0, 0.05) is 43.1 Å². The minimum Gasteiger partial charge on any atom is -0.468 e. The molecule has 7 nitrogen and oxygen atoms in total. The van der Waals surface area contributed by atoms with Crippen LogP contribution in [0.1, 0.15) is 32.4 Å². The Hall–Kier alpha value is -3.06. The third-order valence-electron chi connectivity index (χ3n) is 5.40. The van der Waals surface area contributed by atoms with Crippen molar-refractivity contribution in [2.75, 3.05) is 18.4 Å². The van der Waals surface area contributed by atoms with Crippen LogP contribution in [0.3, 0.4) is 0 Å². The first kappa shape index (κ1) is 21.6. The molecule has 0 spiro atoms. The average Bonchev–Trinajstić information content (AvgIpc) is 3.26. The molecular weight excluding hydrogens is 380 g/mol. The molecule has 7 heteroatoms. The van der Waals surface area contributed by atoms with Gasteiger partial charge in [0.25, 0.3) is 5.56 Å². The first-order valence-corrected chi connectivity index (χ1v) is 10.4. The Morgan fingerprint density at radius 2 is 1.97 bits per heavy atom. The molecule has 160 valence electrons. The van der Waals surface area contributed by atoms with Gasteiger partial charge in [-0.25, -0.2) is 4.79 Å². The lowest BCUT2D eigenvalue weighted by molar-refractivity contribution is 0.178. The van der Waals surface area contributed by atoms with E-state index < -0.39 is 0 Å². The molecule has 0 radical (unpaired) electrons. The molecule has 30 heavy (non-hydrogen) atoms. The van der Waals surface area contributed by atoms with Crippen LogP contribution in [0.5, 0.6) is 0 Å². The number of hydrogen-bond acceptors (Lipinski definition) is 4. The van der Waals surface area contributed by atoms with E-state index in [4.69, 9.17) is 4.42 Å². The largest absolute Gasteiger partial charge is 0.468 e. The van der Waals surface area contributed by atoms with Crippen LogP contribution in [0.4, 0.5) is 10.5 Å². The lowest BCUT2D eigenvalue weighted by Crippen LogP contribution is -2.36. The second-order valence-electron chi connectivity index (χ2n) is 7.55. The van der Waals surface area contributed by atoms with Crippen LogP contribution in [0.15, 0.2) is 58.1 Å². The summed E-state index contributed by atoms with van der Waals surface area (Å²) in [5, 5.41) is 7.10. The van der Waals surface area contributed by atoms with Crippen LogP contribution in [-0.4, -0.2) is 34.6 Å². The number of anilines is 1. The lowest BCUT2D eigenvalue weighted by atomic mass is 10.1. The first-order chi connectivity index (χ1) is 14.5. The van der Waals surface area contributed by atoms with Crippen LogP contribution in [0.25, 0.3) is 10.8 Å². The fraction of sp³-hybridized carbons (Fsp3) is 0.391. The van der Waals surface area contributed by atoms with Crippen LogP contribution in [0, 0.1) is 0 Å². The molecule has 1 aromatic carbocycles. The van der Waals surface area contributed by atoms with E-state index in [9.17, 15) is 9.59 Å². The van der Waals surface area contributed by atoms with Crippen molar-refractivity contribution in [3.63, 3.8) is 0 Å². The van der Waals surface area contributed by atoms with Gasteiger partial charge in [-0.2, -0.15) is 0 Å². The Morgan fingerprint density at radius 3 is 2.67 bits per heavy atom. The number of nitrogens with zero attached hydrogens (tertiary/aromatic N) is 2. The highest BCUT2D eigenvalue weighted by atomic mass is 16.3. The number of pyridine rings is 1. The van der Waals surface area contributed by atoms with Gasteiger partial charge in [-0.05, 0) is 38.0 Å². The van der Waals surface area contributed by atoms with E-state index in [-0.39, 0.29) is 11.6 Å². The summed E-state index contributed by atoms with van der Waals surface area (Å²) in [6.07, 6.45) is 5.22. The van der Waals surface area contributed by atoms with Crippen molar-refractivity contribution < 1.29 is 9.21 Å². The predicted molar refractivity (Wildman–Crippen MR) is 120 cm³/mol. The number of aryl methyl sites for hydroxylation is 1. The number of nitrogens with one attached hydrogen (secondary N) is 2. The average molecular weight is 411 g/mol. The topological polar surface area (TPSA) is 79.5 Å². The van der Waals surface area contributed by atoms with Gasteiger partial charge in [0.1, 0.15) is 5.76 Å². The first-order valence-electron chi connectivity index (χ1n) is 10.4. The molecule has 2 heterocycles. The second kappa shape index (κ2) is 10.1. The zero-order valence-electron chi connectivity index (χ0n) is 17.9. The normalized spacial score (nSPS) is 12.3. The number of carbonyl (C=O) groups excluding carboxylic acids is 1. The highest BCUT2D eigenvalue weighted by Gasteiger charge is 2.14. The summed E-state index contributed by atoms with van der Waals surface area (Å²) in [5.41, 5.74) is 0.530. The number of amides is 2. The summed E-state index contributed by atoms with van der Waals surface area (Å²) < 4.78 is 6.96. The molecule has 1 atom stereocenters. The number of hydrogen-bond donors (Lipinski definition) is 2. The highest BCUT2D eigenvalue weighted by Crippen LogP contribution is 2.19. The number of urea groups is 1. The zero-order valence-corrected chi connectivity index (χ0v) is 17.9. The van der Waals surface area contributed by atoms with Gasteiger partial charge >= 0.3 is 6.03 Å². The van der Waals surface area contributed by atoms with Crippen molar-refractivity contribution in [3.8, 4) is 0 Å². The molecule has 0 aliphatic carbocycles. The number of aromatic nitrogens is 1. The minimum atomic E-state index is -0.278. The molecule has 0 bridgehead atoms. The molecule has 0 saturated heterocycles. The van der Waals surface area contributed by atoms with Gasteiger partial charge in [-0.3, -0.25) is 9.69 Å². The Bertz CT molecular complexity index is 1030. The highest BCUT2D eigenvalue weighted by molar-refractivity contribution is 6.00. The number of carbonyl (C=O) groups is 1. The maximum Gasteiger partial charge on any atom is 0.319 e. The molecule has 2 N–H and O–H groups in total. The van der Waals surface area contributed by atoms with E-state index in [1.807, 2.05) is 30.3 Å². The number of benzene rings is 1. The smallest absolute Gasteiger partial charge is 0.319 e. The molecule has 0 unspecified atom stereocenters. The van der Waals surface area contributed by atoms with E-state index >= 15 is 0 Å². The predicted octanol–water partition coefficient (Wildman–Crippen LogP) is 3.94. The number of furan rings is 1. The molecule has 0 fully saturated rings. The fourth-order valence-electron chi connectivity index (χ4n) is 3.48. The van der Waals surface area contributed by atoms with Crippen molar-refractivity contribution in [2.45, 2.75) is 39.3 Å². The maximum atomic E-state index is 12.4. The van der Waals surface area contributed by atoms with Crippen molar-refractivity contribution in [1.29, 1.82) is 0 Å². The summed E-state index contributed by atoms with van der Waals surface area (Å²) in [6, 6.07) is 11.3. The Labute approximate surface area is 176 Å². The second-order valence-corrected chi connectivity index (χ2v) is 7.55. The van der Waals surface area contributed by atoms with Gasteiger partial charge < -0.3 is 19.6 Å². The number of fused-ring (bicyclic) bond motifs is 1. The third kappa shape index (κ3) is 5.30. The fourth-order valence-corrected chi connectivity index (χ4v) is 3.48. The monoisotopic (exact) mass is 410 g/mol. The summed E-state index contributed by atoms with van der Waals surface area (Å²) in [5.74, 6) is 0.947. The van der Waals surface area contributed by atoms with Crippen molar-refractivity contribution in [1.82, 2.24) is 14.8 Å². The molecule has 3 aromatic rings. The quantitative estimate of drug-likeness (QED) is 0.524. The molecule has 3 rings (SSSR count). The Kier molecular flexibility index (Phi) is 7.30. The van der Waals surface area contributed by atoms with Crippen LogP contribution < -0.4 is 16.2 Å². The lowest BCUT2D eigenvalue weighted by Gasteiger charge is -2.27. The SMILES string of the molecule is CC[C@H](C)N(CCCNC(=O)Nc1cn(C)c(=O)c2ccccc12)Cc1ccco1. The number of rotatable bonds is 9. The van der Waals surface area contributed by atoms with E-state index in [0.717, 1.165) is 37.1 Å². The van der Waals surface area contributed by atoms with Crippen molar-refractivity contribution >= 4 is 22.5 Å². The van der Waals surface area contributed by atoms with Crippen LogP contribution in [-0.2, 0) is 13.6 Å². The summed E-state index contributed by atoms with van der Waals surface area (Å²) >= 11 is 0. The molecule has 0 aliphatic heterocycles. The molecule has 0 saturated carbocycles. The van der Waals surface area contributed by atoms with E-state index in [1.54, 1.807) is 25.6 Å². The molecule has 0 aliphatic rings.